The van der Waals surface area contributed by atoms with Crippen LogP contribution in [0.3, 0.4) is 0 Å². The number of pyridine rings is 2. The lowest BCUT2D eigenvalue weighted by Gasteiger charge is -2.24. The highest BCUT2D eigenvalue weighted by atomic mass is 19.1. The predicted molar refractivity (Wildman–Crippen MR) is 107 cm³/mol. The van der Waals surface area contributed by atoms with E-state index in [-0.39, 0.29) is 23.0 Å². The minimum absolute atomic E-state index is 0.0681. The summed E-state index contributed by atoms with van der Waals surface area (Å²) in [6, 6.07) is 5.34. The molecule has 4 rings (SSSR count). The van der Waals surface area contributed by atoms with Crippen molar-refractivity contribution in [3.63, 3.8) is 0 Å². The van der Waals surface area contributed by atoms with Gasteiger partial charge in [0.1, 0.15) is 5.82 Å². The normalized spacial score (nSPS) is 15.3. The Morgan fingerprint density at radius 3 is 2.90 bits per heavy atom. The molecule has 1 aromatic carbocycles. The molecular weight excluding hydrogens is 375 g/mol. The number of rotatable bonds is 2. The number of anilines is 3. The standard InChI is InChI=1S/C20H17FN6O2/c1-9-13(7-24-15-2-10(5-22)6-26-19(9)15)12-3-11-4-16(27-20(28)29)25-8-14(11)18(23)17(12)21/h3-4,7-8,10,26H,2,6,23H2,1H3,(H,25,27)(H,28,29). The van der Waals surface area contributed by atoms with Crippen LogP contribution in [0.4, 0.5) is 26.4 Å². The molecule has 0 spiro atoms. The third-order valence-electron chi connectivity index (χ3n) is 5.09. The van der Waals surface area contributed by atoms with E-state index in [1.165, 1.54) is 12.3 Å². The monoisotopic (exact) mass is 392 g/mol. The molecule has 1 aliphatic heterocycles. The van der Waals surface area contributed by atoms with Gasteiger partial charge in [-0.3, -0.25) is 10.3 Å². The highest BCUT2D eigenvalue weighted by Gasteiger charge is 2.24. The molecule has 3 heterocycles. The topological polar surface area (TPSA) is 137 Å². The number of hydrogen-bond acceptors (Lipinski definition) is 6. The second-order valence-corrected chi connectivity index (χ2v) is 6.90. The van der Waals surface area contributed by atoms with Gasteiger partial charge >= 0.3 is 6.09 Å². The van der Waals surface area contributed by atoms with Crippen molar-refractivity contribution in [2.45, 2.75) is 13.3 Å². The second kappa shape index (κ2) is 6.91. The van der Waals surface area contributed by atoms with E-state index in [4.69, 9.17) is 16.1 Å². The molecule has 5 N–H and O–H groups in total. The molecule has 1 amide bonds. The Bertz CT molecular complexity index is 1200. The van der Waals surface area contributed by atoms with Crippen LogP contribution in [-0.2, 0) is 6.42 Å². The van der Waals surface area contributed by atoms with Gasteiger partial charge in [-0.2, -0.15) is 5.26 Å². The van der Waals surface area contributed by atoms with E-state index in [0.717, 1.165) is 16.9 Å². The van der Waals surface area contributed by atoms with Crippen molar-refractivity contribution >= 4 is 34.1 Å². The third-order valence-corrected chi connectivity index (χ3v) is 5.09. The first-order valence-corrected chi connectivity index (χ1v) is 8.89. The summed E-state index contributed by atoms with van der Waals surface area (Å²) in [6.07, 6.45) is 2.21. The van der Waals surface area contributed by atoms with Crippen LogP contribution in [0, 0.1) is 30.0 Å². The maximum Gasteiger partial charge on any atom is 0.410 e. The van der Waals surface area contributed by atoms with Gasteiger partial charge in [0.15, 0.2) is 5.82 Å². The number of nitrogens with one attached hydrogen (secondary N) is 2. The minimum Gasteiger partial charge on any atom is -0.465 e. The summed E-state index contributed by atoms with van der Waals surface area (Å²) in [5.41, 5.74) is 9.16. The maximum absolute atomic E-state index is 15.1. The van der Waals surface area contributed by atoms with E-state index >= 15 is 4.39 Å². The van der Waals surface area contributed by atoms with E-state index < -0.39 is 11.9 Å². The molecule has 1 unspecified atom stereocenters. The SMILES string of the molecule is Cc1c(-c2cc3cc(NC(=O)O)ncc3c(N)c2F)cnc2c1NCC(C#N)C2. The molecule has 2 aromatic heterocycles. The van der Waals surface area contributed by atoms with Crippen molar-refractivity contribution in [1.82, 2.24) is 9.97 Å². The summed E-state index contributed by atoms with van der Waals surface area (Å²) in [4.78, 5) is 19.3. The summed E-state index contributed by atoms with van der Waals surface area (Å²) < 4.78 is 15.1. The van der Waals surface area contributed by atoms with Crippen LogP contribution >= 0.6 is 0 Å². The van der Waals surface area contributed by atoms with Crippen LogP contribution in [-0.4, -0.2) is 27.7 Å². The molecule has 0 aliphatic carbocycles. The van der Waals surface area contributed by atoms with E-state index in [1.807, 2.05) is 6.92 Å². The smallest absolute Gasteiger partial charge is 0.410 e. The van der Waals surface area contributed by atoms with Gasteiger partial charge in [0.2, 0.25) is 0 Å². The summed E-state index contributed by atoms with van der Waals surface area (Å²) in [5, 5.41) is 24.4. The largest absolute Gasteiger partial charge is 0.465 e. The number of carboxylic acid groups (broad SMARTS) is 1. The van der Waals surface area contributed by atoms with Gasteiger partial charge in [0, 0.05) is 41.9 Å². The number of benzene rings is 1. The van der Waals surface area contributed by atoms with Gasteiger partial charge < -0.3 is 16.2 Å². The molecule has 0 radical (unpaired) electrons. The quantitative estimate of drug-likeness (QED) is 0.490. The summed E-state index contributed by atoms with van der Waals surface area (Å²) >= 11 is 0. The van der Waals surface area contributed by atoms with Gasteiger partial charge in [0.25, 0.3) is 0 Å². The van der Waals surface area contributed by atoms with Crippen LogP contribution in [0.15, 0.2) is 24.5 Å². The molecule has 8 nitrogen and oxygen atoms in total. The Balaban J connectivity index is 1.86. The lowest BCUT2D eigenvalue weighted by Crippen LogP contribution is -2.23. The van der Waals surface area contributed by atoms with E-state index in [0.29, 0.717) is 29.3 Å². The maximum atomic E-state index is 15.1. The van der Waals surface area contributed by atoms with E-state index in [9.17, 15) is 4.79 Å². The minimum atomic E-state index is -1.25. The number of amides is 1. The fourth-order valence-corrected chi connectivity index (χ4v) is 3.61. The summed E-state index contributed by atoms with van der Waals surface area (Å²) in [5.74, 6) is -0.624. The van der Waals surface area contributed by atoms with Crippen LogP contribution in [0.2, 0.25) is 0 Å². The molecular formula is C20H17FN6O2. The molecule has 1 atom stereocenters. The highest BCUT2D eigenvalue weighted by molar-refractivity contribution is 5.99. The molecule has 0 bridgehead atoms. The zero-order chi connectivity index (χ0) is 20.7. The number of halogens is 1. The van der Waals surface area contributed by atoms with Crippen LogP contribution in [0.1, 0.15) is 11.3 Å². The molecule has 29 heavy (non-hydrogen) atoms. The Morgan fingerprint density at radius 2 is 2.17 bits per heavy atom. The Hall–Kier alpha value is -3.93. The molecule has 9 heteroatoms. The van der Waals surface area contributed by atoms with Gasteiger partial charge in [-0.25, -0.2) is 14.2 Å². The van der Waals surface area contributed by atoms with Crippen molar-refractivity contribution < 1.29 is 14.3 Å². The molecule has 0 saturated carbocycles. The summed E-state index contributed by atoms with van der Waals surface area (Å²) in [6.45, 7) is 2.37. The van der Waals surface area contributed by atoms with Gasteiger partial charge in [-0.05, 0) is 30.0 Å². The zero-order valence-corrected chi connectivity index (χ0v) is 15.5. The second-order valence-electron chi connectivity index (χ2n) is 6.90. The number of carbonyl (C=O) groups is 1. The van der Waals surface area contributed by atoms with Crippen LogP contribution in [0.5, 0.6) is 0 Å². The number of nitrogen functional groups attached to an aromatic ring is 1. The number of fused-ring (bicyclic) bond motifs is 2. The molecule has 0 saturated heterocycles. The average molecular weight is 392 g/mol. The van der Waals surface area contributed by atoms with Gasteiger partial charge in [-0.15, -0.1) is 0 Å². The third kappa shape index (κ3) is 3.14. The molecule has 146 valence electrons. The van der Waals surface area contributed by atoms with Crippen LogP contribution in [0.25, 0.3) is 21.9 Å². The van der Waals surface area contributed by atoms with Crippen molar-refractivity contribution in [2.75, 3.05) is 22.9 Å². The first kappa shape index (κ1) is 18.4. The predicted octanol–water partition coefficient (Wildman–Crippen LogP) is 3.52. The van der Waals surface area contributed by atoms with E-state index in [2.05, 4.69) is 26.7 Å². The van der Waals surface area contributed by atoms with Crippen LogP contribution < -0.4 is 16.4 Å². The molecule has 1 aliphatic rings. The zero-order valence-electron chi connectivity index (χ0n) is 15.5. The number of nitrogens with zero attached hydrogens (tertiary/aromatic N) is 3. The average Bonchev–Trinajstić information content (AvgIpc) is 2.70. The lowest BCUT2D eigenvalue weighted by atomic mass is 9.92. The number of aromatic nitrogens is 2. The molecule has 3 aromatic rings. The van der Waals surface area contributed by atoms with E-state index in [1.54, 1.807) is 12.3 Å². The lowest BCUT2D eigenvalue weighted by molar-refractivity contribution is 0.209. The van der Waals surface area contributed by atoms with Gasteiger partial charge in [-0.1, -0.05) is 0 Å². The Kier molecular flexibility index (Phi) is 4.39. The van der Waals surface area contributed by atoms with Gasteiger partial charge in [0.05, 0.1) is 29.1 Å². The number of nitrogens with two attached hydrogens (primary N) is 1. The van der Waals surface area contributed by atoms with Crippen molar-refractivity contribution in [3.8, 4) is 17.2 Å². The van der Waals surface area contributed by atoms with Crippen molar-refractivity contribution in [1.29, 1.82) is 5.26 Å². The highest BCUT2D eigenvalue weighted by Crippen LogP contribution is 2.38. The van der Waals surface area contributed by atoms with Crippen molar-refractivity contribution in [3.05, 3.63) is 41.6 Å². The first-order valence-electron chi connectivity index (χ1n) is 8.89. The fourth-order valence-electron chi connectivity index (χ4n) is 3.61. The Morgan fingerprint density at radius 1 is 1.38 bits per heavy atom. The number of nitriles is 1. The molecule has 0 fully saturated rings. The Labute approximate surface area is 165 Å². The fraction of sp³-hybridized carbons (Fsp3) is 0.200. The summed E-state index contributed by atoms with van der Waals surface area (Å²) in [7, 11) is 0. The first-order chi connectivity index (χ1) is 13.9. The number of hydrogen-bond donors (Lipinski definition) is 4. The van der Waals surface area contributed by atoms with Crippen molar-refractivity contribution in [2.24, 2.45) is 5.92 Å².